The van der Waals surface area contributed by atoms with Crippen LogP contribution in [0.25, 0.3) is 0 Å². The van der Waals surface area contributed by atoms with Crippen molar-refractivity contribution < 1.29 is 0 Å². The molecule has 3 N–H and O–H groups in total. The fourth-order valence-corrected chi connectivity index (χ4v) is 1.60. The van der Waals surface area contributed by atoms with Gasteiger partial charge in [-0.3, -0.25) is 4.99 Å². The number of guanidine groups is 1. The molecular formula is C11H21N3. The van der Waals surface area contributed by atoms with E-state index in [0.29, 0.717) is 5.96 Å². The van der Waals surface area contributed by atoms with Gasteiger partial charge in [-0.05, 0) is 32.1 Å². The van der Waals surface area contributed by atoms with Crippen molar-refractivity contribution in [1.29, 1.82) is 0 Å². The Kier molecular flexibility index (Phi) is 5.12. The van der Waals surface area contributed by atoms with E-state index in [1.807, 2.05) is 0 Å². The van der Waals surface area contributed by atoms with Crippen molar-refractivity contribution in [1.82, 2.24) is 5.32 Å². The Balaban J connectivity index is 2.08. The number of nitrogens with one attached hydrogen (secondary N) is 1. The molecule has 0 bridgehead atoms. The van der Waals surface area contributed by atoms with Crippen LogP contribution < -0.4 is 11.1 Å². The summed E-state index contributed by atoms with van der Waals surface area (Å²) in [5.41, 5.74) is 7.23. The van der Waals surface area contributed by atoms with E-state index in [9.17, 15) is 0 Å². The molecule has 0 unspecified atom stereocenters. The summed E-state index contributed by atoms with van der Waals surface area (Å²) in [4.78, 5) is 4.17. The van der Waals surface area contributed by atoms with Gasteiger partial charge in [0.1, 0.15) is 0 Å². The van der Waals surface area contributed by atoms with Gasteiger partial charge in [0, 0.05) is 13.1 Å². The van der Waals surface area contributed by atoms with E-state index in [1.54, 1.807) is 5.57 Å². The molecular weight excluding hydrogens is 174 g/mol. The molecule has 0 aromatic rings. The molecule has 0 saturated heterocycles. The summed E-state index contributed by atoms with van der Waals surface area (Å²) in [6.45, 7) is 3.84. The quantitative estimate of drug-likeness (QED) is 0.399. The monoisotopic (exact) mass is 195 g/mol. The third-order valence-electron chi connectivity index (χ3n) is 2.39. The van der Waals surface area contributed by atoms with Crippen LogP contribution in [0.5, 0.6) is 0 Å². The van der Waals surface area contributed by atoms with Gasteiger partial charge in [0.25, 0.3) is 0 Å². The van der Waals surface area contributed by atoms with Gasteiger partial charge in [-0.25, -0.2) is 0 Å². The molecule has 0 fully saturated rings. The molecule has 80 valence electrons. The summed E-state index contributed by atoms with van der Waals surface area (Å²) < 4.78 is 0. The van der Waals surface area contributed by atoms with Crippen LogP contribution in [0.4, 0.5) is 0 Å². The lowest BCUT2D eigenvalue weighted by Gasteiger charge is -2.05. The first-order chi connectivity index (χ1) is 6.83. The number of allylic oxidation sites excluding steroid dienone is 1. The van der Waals surface area contributed by atoms with E-state index >= 15 is 0 Å². The Morgan fingerprint density at radius 2 is 2.50 bits per heavy atom. The van der Waals surface area contributed by atoms with Crippen molar-refractivity contribution in [3.8, 4) is 0 Å². The lowest BCUT2D eigenvalue weighted by Crippen LogP contribution is -2.32. The maximum Gasteiger partial charge on any atom is 0.188 e. The zero-order valence-electron chi connectivity index (χ0n) is 9.05. The Morgan fingerprint density at radius 1 is 1.64 bits per heavy atom. The van der Waals surface area contributed by atoms with Gasteiger partial charge in [0.05, 0.1) is 0 Å². The predicted molar refractivity (Wildman–Crippen MR) is 61.3 cm³/mol. The van der Waals surface area contributed by atoms with Gasteiger partial charge in [-0.2, -0.15) is 0 Å². The summed E-state index contributed by atoms with van der Waals surface area (Å²) in [5.74, 6) is 0.588. The van der Waals surface area contributed by atoms with Crippen molar-refractivity contribution in [3.05, 3.63) is 11.6 Å². The fourth-order valence-electron chi connectivity index (χ4n) is 1.60. The maximum atomic E-state index is 5.66. The first kappa shape index (κ1) is 11.1. The molecule has 0 saturated carbocycles. The number of hydrogen-bond donors (Lipinski definition) is 2. The normalized spacial score (nSPS) is 16.9. The van der Waals surface area contributed by atoms with E-state index in [4.69, 9.17) is 5.73 Å². The molecule has 0 atom stereocenters. The smallest absolute Gasteiger partial charge is 0.188 e. The Bertz CT molecular complexity index is 219. The van der Waals surface area contributed by atoms with Crippen molar-refractivity contribution in [2.75, 3.05) is 13.1 Å². The Labute approximate surface area is 86.5 Å². The van der Waals surface area contributed by atoms with E-state index in [2.05, 4.69) is 23.3 Å². The number of rotatable bonds is 5. The highest BCUT2D eigenvalue weighted by Crippen LogP contribution is 2.19. The molecule has 1 aliphatic carbocycles. The van der Waals surface area contributed by atoms with Crippen LogP contribution in [0.3, 0.4) is 0 Å². The highest BCUT2D eigenvalue weighted by atomic mass is 15.1. The molecule has 0 heterocycles. The van der Waals surface area contributed by atoms with E-state index in [0.717, 1.165) is 25.9 Å². The maximum absolute atomic E-state index is 5.66. The summed E-state index contributed by atoms with van der Waals surface area (Å²) in [5, 5.41) is 3.13. The summed E-state index contributed by atoms with van der Waals surface area (Å²) in [7, 11) is 0. The minimum absolute atomic E-state index is 0.588. The molecule has 0 aromatic heterocycles. The molecule has 0 radical (unpaired) electrons. The molecule has 14 heavy (non-hydrogen) atoms. The van der Waals surface area contributed by atoms with Crippen molar-refractivity contribution in [2.45, 2.75) is 39.0 Å². The van der Waals surface area contributed by atoms with Gasteiger partial charge in [-0.1, -0.05) is 18.6 Å². The second-order valence-electron chi connectivity index (χ2n) is 3.70. The summed E-state index contributed by atoms with van der Waals surface area (Å²) in [6.07, 6.45) is 8.37. The third-order valence-corrected chi connectivity index (χ3v) is 2.39. The molecule has 0 amide bonds. The zero-order valence-corrected chi connectivity index (χ0v) is 9.05. The van der Waals surface area contributed by atoms with Crippen molar-refractivity contribution >= 4 is 5.96 Å². The van der Waals surface area contributed by atoms with Crippen LogP contribution in [0.2, 0.25) is 0 Å². The van der Waals surface area contributed by atoms with Gasteiger partial charge >= 0.3 is 0 Å². The minimum Gasteiger partial charge on any atom is -0.370 e. The largest absolute Gasteiger partial charge is 0.370 e. The van der Waals surface area contributed by atoms with Crippen LogP contribution in [0, 0.1) is 0 Å². The van der Waals surface area contributed by atoms with E-state index in [1.165, 1.54) is 19.3 Å². The van der Waals surface area contributed by atoms with Gasteiger partial charge in [-0.15, -0.1) is 0 Å². The first-order valence-corrected chi connectivity index (χ1v) is 5.54. The number of hydrogen-bond acceptors (Lipinski definition) is 1. The Morgan fingerprint density at radius 3 is 3.14 bits per heavy atom. The van der Waals surface area contributed by atoms with Crippen LogP contribution in [-0.2, 0) is 0 Å². The average Bonchev–Trinajstić information content (AvgIpc) is 2.67. The molecule has 1 aliphatic rings. The molecule has 3 nitrogen and oxygen atoms in total. The highest BCUT2D eigenvalue weighted by molar-refractivity contribution is 5.77. The lowest BCUT2D eigenvalue weighted by atomic mass is 10.2. The second kappa shape index (κ2) is 6.46. The molecule has 3 heteroatoms. The van der Waals surface area contributed by atoms with Gasteiger partial charge in [0.15, 0.2) is 5.96 Å². The summed E-state index contributed by atoms with van der Waals surface area (Å²) in [6, 6.07) is 0. The number of aliphatic imine (C=N–C) groups is 1. The highest BCUT2D eigenvalue weighted by Gasteiger charge is 2.03. The van der Waals surface area contributed by atoms with Gasteiger partial charge in [0.2, 0.25) is 0 Å². The van der Waals surface area contributed by atoms with Gasteiger partial charge < -0.3 is 11.1 Å². The minimum atomic E-state index is 0.588. The first-order valence-electron chi connectivity index (χ1n) is 5.54. The van der Waals surface area contributed by atoms with Crippen LogP contribution in [0.15, 0.2) is 16.6 Å². The topological polar surface area (TPSA) is 50.4 Å². The molecule has 0 aliphatic heterocycles. The standard InChI is InChI=1S/C11H21N3/c1-2-8-13-11(12)14-9-7-10-5-3-4-6-10/h5H,2-4,6-9H2,1H3,(H3,12,13,14). The molecule has 0 aromatic carbocycles. The number of nitrogens with zero attached hydrogens (tertiary/aromatic N) is 1. The zero-order chi connectivity index (χ0) is 10.2. The Hall–Kier alpha value is -0.990. The van der Waals surface area contributed by atoms with Crippen molar-refractivity contribution in [2.24, 2.45) is 10.7 Å². The van der Waals surface area contributed by atoms with E-state index < -0.39 is 0 Å². The fraction of sp³-hybridized carbons (Fsp3) is 0.727. The second-order valence-corrected chi connectivity index (χ2v) is 3.70. The van der Waals surface area contributed by atoms with E-state index in [-0.39, 0.29) is 0 Å². The SMILES string of the molecule is CCCN=C(N)NCCC1=CCCC1. The average molecular weight is 195 g/mol. The molecule has 1 rings (SSSR count). The lowest BCUT2D eigenvalue weighted by molar-refractivity contribution is 0.799. The van der Waals surface area contributed by atoms with Crippen LogP contribution >= 0.6 is 0 Å². The number of nitrogens with two attached hydrogens (primary N) is 1. The predicted octanol–water partition coefficient (Wildman–Crippen LogP) is 1.80. The molecule has 0 spiro atoms. The van der Waals surface area contributed by atoms with Crippen molar-refractivity contribution in [3.63, 3.8) is 0 Å². The van der Waals surface area contributed by atoms with Crippen LogP contribution in [-0.4, -0.2) is 19.0 Å². The van der Waals surface area contributed by atoms with Crippen LogP contribution in [0.1, 0.15) is 39.0 Å². The third kappa shape index (κ3) is 4.30. The summed E-state index contributed by atoms with van der Waals surface area (Å²) >= 11 is 0.